The van der Waals surface area contributed by atoms with Crippen molar-refractivity contribution in [2.24, 2.45) is 11.7 Å². The molecule has 2 fully saturated rings. The van der Waals surface area contributed by atoms with Gasteiger partial charge in [0.15, 0.2) is 29.1 Å². The van der Waals surface area contributed by atoms with Crippen molar-refractivity contribution in [2.75, 3.05) is 33.8 Å². The number of unbranched alkanes of at least 4 members (excludes halogenated alkanes) is 5. The minimum atomic E-state index is -2.46. The van der Waals surface area contributed by atoms with E-state index in [1.807, 2.05) is 0 Å². The van der Waals surface area contributed by atoms with Crippen LogP contribution in [-0.2, 0) is 59.0 Å². The number of nitrogens with two attached hydrogens (primary N) is 1. The highest BCUT2D eigenvalue weighted by molar-refractivity contribution is 6.33. The monoisotopic (exact) mass is 1840 g/mol. The number of halogens is 3. The van der Waals surface area contributed by atoms with Crippen LogP contribution in [0.4, 0.5) is 0 Å². The average Bonchev–Trinajstić information content (AvgIpc) is 0.756. The lowest BCUT2D eigenvalue weighted by atomic mass is 9.89. The van der Waals surface area contributed by atoms with Gasteiger partial charge in [0, 0.05) is 48.2 Å². The van der Waals surface area contributed by atoms with Crippen molar-refractivity contribution in [2.45, 2.75) is 188 Å². The van der Waals surface area contributed by atoms with Crippen LogP contribution in [0, 0.1) is 5.92 Å². The van der Waals surface area contributed by atoms with Crippen LogP contribution in [0.15, 0.2) is 115 Å². The number of hydrogen-bond acceptors (Lipinski definition) is 29. The molecule has 0 aliphatic carbocycles. The van der Waals surface area contributed by atoms with E-state index in [0.717, 1.165) is 111 Å². The zero-order valence-electron chi connectivity index (χ0n) is 69.2. The molecule has 128 heavy (non-hydrogen) atoms. The molecule has 2 saturated heterocycles. The van der Waals surface area contributed by atoms with Gasteiger partial charge in [0.2, 0.25) is 65.6 Å². The predicted molar refractivity (Wildman–Crippen MR) is 454 cm³/mol. The van der Waals surface area contributed by atoms with Crippen molar-refractivity contribution in [3.8, 4) is 80.1 Å². The Kier molecular flexibility index (Phi) is 30.8. The summed E-state index contributed by atoms with van der Waals surface area (Å²) in [5, 5.41) is 158. The van der Waals surface area contributed by atoms with Crippen LogP contribution in [0.1, 0.15) is 147 Å². The number of nitrogens with one attached hydrogen (secondary N) is 8. The second kappa shape index (κ2) is 41.2. The van der Waals surface area contributed by atoms with Gasteiger partial charge in [0.25, 0.3) is 0 Å². The normalized spacial score (nSPS) is 25.8. The smallest absolute Gasteiger partial charge is 0.335 e. The summed E-state index contributed by atoms with van der Waals surface area (Å²) < 4.78 is 44.3. The molecule has 22 N–H and O–H groups in total. The maximum Gasteiger partial charge on any atom is 0.335 e. The van der Waals surface area contributed by atoms with Crippen molar-refractivity contribution < 1.29 is 138 Å². The average molecular weight is 1840 g/mol. The van der Waals surface area contributed by atoms with Gasteiger partial charge in [-0.3, -0.25) is 38.4 Å². The second-order valence-electron chi connectivity index (χ2n) is 32.5. The Bertz CT molecular complexity index is 5330. The van der Waals surface area contributed by atoms with Gasteiger partial charge in [-0.25, -0.2) is 4.79 Å². The van der Waals surface area contributed by atoms with Crippen molar-refractivity contribution in [1.82, 2.24) is 47.4 Å². The molecule has 0 spiro atoms. The van der Waals surface area contributed by atoms with E-state index in [0.29, 0.717) is 25.3 Å². The van der Waals surface area contributed by atoms with Crippen molar-refractivity contribution in [1.29, 1.82) is 0 Å². The van der Waals surface area contributed by atoms with E-state index in [9.17, 15) is 75.7 Å². The molecule has 8 aliphatic heterocycles. The first-order valence-corrected chi connectivity index (χ1v) is 41.8. The Morgan fingerprint density at radius 1 is 0.570 bits per heavy atom. The summed E-state index contributed by atoms with van der Waals surface area (Å²) in [6.45, 7) is 3.60. The molecular weight excluding hydrogens is 1740 g/mol. The molecule has 18 atom stereocenters. The number of aliphatic hydroxyl groups excluding tert-OH is 7. The fourth-order valence-electron chi connectivity index (χ4n) is 15.6. The molecule has 7 aromatic rings. The highest BCUT2D eigenvalue weighted by Gasteiger charge is 2.52. The van der Waals surface area contributed by atoms with E-state index in [4.69, 9.17) is 62.1 Å². The number of ether oxygens (including phenoxy) is 7. The molecule has 8 amide bonds. The first-order valence-electron chi connectivity index (χ1n) is 41.0. The fraction of sp³-hybridized carbons (Fsp3) is 0.414. The number of amides is 8. The first-order chi connectivity index (χ1) is 60.5. The van der Waals surface area contributed by atoms with Crippen LogP contribution in [0.2, 0.25) is 10.0 Å². The standard InChI is InChI=1S/C87H98Cl2N10O28.ClH/c1-37(2)12-9-7-5-6-8-10-13-60(105)93-69-72(108)74(110)77(85(119)120)127-86(69)126-76-57-30-42-31-58(76)123-54-23-18-41(28-49(54)88)70(106)68-84(118)97-66(80(114)91-24-11-25-99(3)4)47-32-43(101)33-56(124-87-75(111)73(109)71(107)59(36-100)125-87)61(47)46-27-40(17-21-51(46)102)64(81(115)98-68)94-82(116)65(42)95-83(117)67-48-34-45(35-53(104)62(48)89)122-55-29-39(16-22-52(55)103)63(90)79(113)92-50(78(112)96-67)26-38-14-19-44(121-57)20-15-38;/h14-23,27-35,37,50,59,63-75,77,86-87,100-104,106-111H,5-13,24-26,36,90H2,1-4H3,(H,91,114)(H,92,113)(H,93,105)(H,94,116)(H,95,117)(H,96,112)(H,97,118)(H,98,115)(H,119,120);1H/t50-,59-,63-,64-,65-,66+,67+,68+,69-,70-,71-,72-,73+,74+,75+,77+,86-,87+;/m1./s1. The van der Waals surface area contributed by atoms with Gasteiger partial charge in [0.05, 0.1) is 16.7 Å². The fourth-order valence-corrected chi connectivity index (χ4v) is 16.1. The molecule has 8 heterocycles. The molecule has 0 unspecified atom stereocenters. The molecule has 41 heteroatoms. The van der Waals surface area contributed by atoms with Crippen molar-refractivity contribution in [3.63, 3.8) is 0 Å². The van der Waals surface area contributed by atoms with E-state index < -0.39 is 277 Å². The molecule has 17 bridgehead atoms. The Morgan fingerprint density at radius 2 is 1.21 bits per heavy atom. The third kappa shape index (κ3) is 21.5. The topological polar surface area (TPSA) is 587 Å². The number of fused-ring (bicyclic) bond motifs is 14. The van der Waals surface area contributed by atoms with Gasteiger partial charge in [-0.05, 0) is 146 Å². The highest BCUT2D eigenvalue weighted by Crippen LogP contribution is 2.51. The van der Waals surface area contributed by atoms with Crippen molar-refractivity contribution in [3.05, 3.63) is 164 Å². The maximum absolute atomic E-state index is 16.8. The van der Waals surface area contributed by atoms with Crippen molar-refractivity contribution >= 4 is 88.8 Å². The molecule has 15 rings (SSSR count). The lowest BCUT2D eigenvalue weighted by Gasteiger charge is -2.41. The number of aromatic hydroxyl groups is 4. The predicted octanol–water partition coefficient (Wildman–Crippen LogP) is 4.33. The van der Waals surface area contributed by atoms with Gasteiger partial charge in [-0.2, -0.15) is 0 Å². The lowest BCUT2D eigenvalue weighted by molar-refractivity contribution is -0.277. The number of carbonyl (C=O) groups is 9. The molecule has 8 aliphatic rings. The maximum atomic E-state index is 16.8. The largest absolute Gasteiger partial charge is 0.508 e. The quantitative estimate of drug-likeness (QED) is 0.0445. The molecule has 38 nitrogen and oxygen atoms in total. The number of aliphatic carboxylic acids is 1. The Balaban J connectivity index is 0.0000149. The van der Waals surface area contributed by atoms with Crippen LogP contribution in [0.5, 0.6) is 69.0 Å². The molecule has 7 aromatic carbocycles. The van der Waals surface area contributed by atoms with Gasteiger partial charge in [-0.1, -0.05) is 106 Å². The van der Waals surface area contributed by atoms with Gasteiger partial charge >= 0.3 is 5.97 Å². The highest BCUT2D eigenvalue weighted by atomic mass is 35.5. The summed E-state index contributed by atoms with van der Waals surface area (Å²) in [4.78, 5) is 140. The molecule has 686 valence electrons. The van der Waals surface area contributed by atoms with Crippen LogP contribution in [0.3, 0.4) is 0 Å². The number of carbonyl (C=O) groups excluding carboxylic acids is 8. The van der Waals surface area contributed by atoms with E-state index >= 15 is 28.8 Å². The number of aliphatic hydroxyl groups is 7. The number of carboxylic acids is 1. The van der Waals surface area contributed by atoms with Gasteiger partial charge in [0.1, 0.15) is 131 Å². The Morgan fingerprint density at radius 3 is 1.91 bits per heavy atom. The zero-order valence-corrected chi connectivity index (χ0v) is 71.5. The first kappa shape index (κ1) is 95.5. The Labute approximate surface area is 747 Å². The van der Waals surface area contributed by atoms with Gasteiger partial charge < -0.3 is 148 Å². The van der Waals surface area contributed by atoms with E-state index in [1.54, 1.807) is 19.0 Å². The third-order valence-corrected chi connectivity index (χ3v) is 23.2. The van der Waals surface area contributed by atoms with Crippen LogP contribution < -0.4 is 72.0 Å². The van der Waals surface area contributed by atoms with E-state index in [-0.39, 0.29) is 60.0 Å². The number of hydrogen-bond donors (Lipinski definition) is 21. The number of carboxylic acid groups (broad SMARTS) is 1. The number of benzene rings is 7. The molecule has 0 aromatic heterocycles. The summed E-state index contributed by atoms with van der Waals surface area (Å²) in [6.07, 6.45) is -15.9. The molecular formula is C87H99Cl3N10O28. The van der Waals surface area contributed by atoms with Crippen LogP contribution in [0.25, 0.3) is 11.1 Å². The number of nitrogens with zero attached hydrogens (tertiary/aromatic N) is 1. The minimum Gasteiger partial charge on any atom is -0.508 e. The lowest BCUT2D eigenvalue weighted by Crippen LogP contribution is -2.66. The summed E-state index contributed by atoms with van der Waals surface area (Å²) in [5.74, 6) is -17.9. The molecule has 0 saturated carbocycles. The summed E-state index contributed by atoms with van der Waals surface area (Å²) >= 11 is 14.3. The second-order valence-corrected chi connectivity index (χ2v) is 33.2. The Hall–Kier alpha value is -11.6. The summed E-state index contributed by atoms with van der Waals surface area (Å²) in [5.41, 5.74) is 3.69. The number of phenolic OH excluding ortho intramolecular Hbond substituents is 4. The van der Waals surface area contributed by atoms with E-state index in [1.165, 1.54) is 36.4 Å². The minimum absolute atomic E-state index is 0. The zero-order chi connectivity index (χ0) is 91.3. The number of rotatable bonds is 21. The van der Waals surface area contributed by atoms with E-state index in [2.05, 4.69) is 56.4 Å². The summed E-state index contributed by atoms with van der Waals surface area (Å²) in [6, 6.07) is 4.87. The summed E-state index contributed by atoms with van der Waals surface area (Å²) in [7, 11) is 3.52. The molecule has 0 radical (unpaired) electrons. The SMILES string of the molecule is CC(C)CCCCCCCCC(=O)N[C@H]1[C@H](Oc2c3cc4cc2Oc2ccc(cc2Cl)[C@@H](O)[C@@H]2NC(=O)[C@H](NC(=O)[C@@H]4NC(=O)[C@H]4NC(=O)[C@@H](Cc5ccc(cc5)O3)NC(=O)[C@H](N)c3ccc(O)c(c3)Oc3cc(O)c(Cl)c4c3)c3ccc(O)c(c3)-c3c(O[C@H]4O[C@H](CO)[C@@H](O)[C@H](O)[C@@H]4O)cc(O)cc3[C@@H](C(=O)NCCCN(C)C)NC2=O)O[C@H](C(=O)O)[C@@H](O)[C@@H]1O.Cl. The van der Waals surface area contributed by atoms with Gasteiger partial charge in [-0.15, -0.1) is 12.4 Å². The number of phenols is 4. The van der Waals surface area contributed by atoms with Crippen LogP contribution >= 0.6 is 35.6 Å². The third-order valence-electron chi connectivity index (χ3n) is 22.5. The van der Waals surface area contributed by atoms with Crippen LogP contribution in [-0.4, -0.2) is 227 Å².